The molecule has 9 heteroatoms. The van der Waals surface area contributed by atoms with Crippen LogP contribution in [0.5, 0.6) is 17.2 Å². The van der Waals surface area contributed by atoms with Crippen LogP contribution in [0.2, 0.25) is 0 Å². The Morgan fingerprint density at radius 1 is 1.12 bits per heavy atom. The van der Waals surface area contributed by atoms with Gasteiger partial charge in [-0.15, -0.1) is 0 Å². The van der Waals surface area contributed by atoms with E-state index in [2.05, 4.69) is 5.32 Å². The Balaban J connectivity index is 1.47. The number of benzene rings is 2. The van der Waals surface area contributed by atoms with Gasteiger partial charge in [0.1, 0.15) is 11.4 Å². The topological polar surface area (TPSA) is 94.2 Å². The fraction of sp³-hybridized carbons (Fsp3) is 0.458. The Bertz CT molecular complexity index is 1140. The van der Waals surface area contributed by atoms with Crippen molar-refractivity contribution in [3.63, 3.8) is 0 Å². The zero-order valence-corrected chi connectivity index (χ0v) is 20.0. The summed E-state index contributed by atoms with van der Waals surface area (Å²) in [6.07, 6.45) is 3.49. The molecule has 0 bridgehead atoms. The van der Waals surface area contributed by atoms with E-state index in [0.717, 1.165) is 31.2 Å². The van der Waals surface area contributed by atoms with Crippen molar-refractivity contribution in [3.8, 4) is 17.2 Å². The Kier molecular flexibility index (Phi) is 6.54. The number of sulfonamides is 1. The standard InChI is InChI=1S/C24H30N2O6S/c1-24(2)15-17-8-7-9-21(23(17)32-24)31-16-22(27)25-19-14-18(10-11-20(19)30-3)33(28,29)26-12-5-4-6-13-26/h7-11,14H,4-6,12-13,15-16H2,1-3H3,(H,25,27). The van der Waals surface area contributed by atoms with E-state index >= 15 is 0 Å². The van der Waals surface area contributed by atoms with Crippen LogP contribution < -0.4 is 19.5 Å². The maximum atomic E-state index is 13.0. The molecule has 2 aromatic carbocycles. The van der Waals surface area contributed by atoms with Gasteiger partial charge < -0.3 is 19.5 Å². The van der Waals surface area contributed by atoms with Gasteiger partial charge in [-0.25, -0.2) is 8.42 Å². The number of anilines is 1. The van der Waals surface area contributed by atoms with Crippen LogP contribution in [-0.4, -0.2) is 51.0 Å². The van der Waals surface area contributed by atoms with E-state index in [1.165, 1.54) is 23.5 Å². The maximum Gasteiger partial charge on any atom is 0.262 e. The maximum absolute atomic E-state index is 13.0. The summed E-state index contributed by atoms with van der Waals surface area (Å²) in [5.41, 5.74) is 0.993. The molecule has 0 spiro atoms. The van der Waals surface area contributed by atoms with Crippen LogP contribution in [0.4, 0.5) is 5.69 Å². The van der Waals surface area contributed by atoms with Gasteiger partial charge >= 0.3 is 0 Å². The molecule has 1 N–H and O–H groups in total. The second-order valence-corrected chi connectivity index (χ2v) is 10.9. The van der Waals surface area contributed by atoms with Crippen molar-refractivity contribution >= 4 is 21.6 Å². The summed E-state index contributed by atoms with van der Waals surface area (Å²) in [5, 5.41) is 2.72. The summed E-state index contributed by atoms with van der Waals surface area (Å²) < 4.78 is 44.6. The zero-order chi connectivity index (χ0) is 23.6. The molecule has 1 amide bonds. The monoisotopic (exact) mass is 474 g/mol. The minimum Gasteiger partial charge on any atom is -0.495 e. The first-order valence-corrected chi connectivity index (χ1v) is 12.6. The number of carbonyl (C=O) groups is 1. The smallest absolute Gasteiger partial charge is 0.262 e. The Labute approximate surface area is 194 Å². The number of ether oxygens (including phenoxy) is 3. The van der Waals surface area contributed by atoms with Crippen molar-refractivity contribution in [1.29, 1.82) is 0 Å². The van der Waals surface area contributed by atoms with E-state index in [1.807, 2.05) is 26.0 Å². The first-order chi connectivity index (χ1) is 15.7. The van der Waals surface area contributed by atoms with E-state index in [-0.39, 0.29) is 22.8 Å². The molecule has 2 heterocycles. The van der Waals surface area contributed by atoms with Crippen molar-refractivity contribution in [2.24, 2.45) is 0 Å². The van der Waals surface area contributed by atoms with Gasteiger partial charge in [0.25, 0.3) is 5.91 Å². The van der Waals surface area contributed by atoms with Crippen molar-refractivity contribution < 1.29 is 27.4 Å². The van der Waals surface area contributed by atoms with Crippen molar-refractivity contribution in [1.82, 2.24) is 4.31 Å². The molecule has 2 aromatic rings. The molecule has 178 valence electrons. The van der Waals surface area contributed by atoms with E-state index < -0.39 is 15.9 Å². The third-order valence-corrected chi connectivity index (χ3v) is 7.71. The molecule has 8 nitrogen and oxygen atoms in total. The molecule has 1 fully saturated rings. The highest BCUT2D eigenvalue weighted by Gasteiger charge is 2.32. The number of carbonyl (C=O) groups excluding carboxylic acids is 1. The van der Waals surface area contributed by atoms with Crippen molar-refractivity contribution in [2.45, 2.75) is 50.0 Å². The molecule has 0 aromatic heterocycles. The molecule has 0 aliphatic carbocycles. The van der Waals surface area contributed by atoms with Crippen LogP contribution in [-0.2, 0) is 21.2 Å². The predicted octanol–water partition coefficient (Wildman–Crippen LogP) is 3.60. The lowest BCUT2D eigenvalue weighted by molar-refractivity contribution is -0.118. The number of amides is 1. The molecule has 0 atom stereocenters. The van der Waals surface area contributed by atoms with Crippen LogP contribution in [0, 0.1) is 0 Å². The molecule has 1 saturated heterocycles. The molecule has 33 heavy (non-hydrogen) atoms. The van der Waals surface area contributed by atoms with E-state index in [9.17, 15) is 13.2 Å². The highest BCUT2D eigenvalue weighted by molar-refractivity contribution is 7.89. The highest BCUT2D eigenvalue weighted by Crippen LogP contribution is 2.41. The Morgan fingerprint density at radius 2 is 1.88 bits per heavy atom. The molecule has 2 aliphatic rings. The van der Waals surface area contributed by atoms with Gasteiger partial charge in [-0.05, 0) is 51.0 Å². The second-order valence-electron chi connectivity index (χ2n) is 8.95. The summed E-state index contributed by atoms with van der Waals surface area (Å²) in [7, 11) is -2.17. The third kappa shape index (κ3) is 5.09. The molecular formula is C24H30N2O6S. The fourth-order valence-corrected chi connectivity index (χ4v) is 5.77. The number of hydrogen-bond acceptors (Lipinski definition) is 6. The molecule has 2 aliphatic heterocycles. The fourth-order valence-electron chi connectivity index (χ4n) is 4.23. The lowest BCUT2D eigenvalue weighted by atomic mass is 10.0. The summed E-state index contributed by atoms with van der Waals surface area (Å²) in [6, 6.07) is 10.1. The van der Waals surface area contributed by atoms with Gasteiger partial charge in [0.05, 0.1) is 17.7 Å². The summed E-state index contributed by atoms with van der Waals surface area (Å²) in [5.74, 6) is 1.09. The zero-order valence-electron chi connectivity index (χ0n) is 19.2. The first-order valence-electron chi connectivity index (χ1n) is 11.1. The quantitative estimate of drug-likeness (QED) is 0.659. The number of nitrogens with zero attached hydrogens (tertiary/aromatic N) is 1. The lowest BCUT2D eigenvalue weighted by Gasteiger charge is -2.26. The third-order valence-electron chi connectivity index (χ3n) is 5.81. The SMILES string of the molecule is COc1ccc(S(=O)(=O)N2CCCCC2)cc1NC(=O)COc1cccc2c1OC(C)(C)C2. The van der Waals surface area contributed by atoms with Gasteiger partial charge in [-0.3, -0.25) is 4.79 Å². The molecule has 0 radical (unpaired) electrons. The largest absolute Gasteiger partial charge is 0.495 e. The van der Waals surface area contributed by atoms with Crippen LogP contribution in [0.3, 0.4) is 0 Å². The number of para-hydroxylation sites is 1. The van der Waals surface area contributed by atoms with Gasteiger partial charge in [0.2, 0.25) is 10.0 Å². The molecule has 0 unspecified atom stereocenters. The van der Waals surface area contributed by atoms with Crippen molar-refractivity contribution in [2.75, 3.05) is 32.1 Å². The minimum absolute atomic E-state index is 0.123. The van der Waals surface area contributed by atoms with Gasteiger partial charge in [-0.2, -0.15) is 4.31 Å². The average Bonchev–Trinajstić information content (AvgIpc) is 3.12. The summed E-state index contributed by atoms with van der Waals surface area (Å²) in [6.45, 7) is 4.75. The number of hydrogen-bond donors (Lipinski definition) is 1. The highest BCUT2D eigenvalue weighted by atomic mass is 32.2. The lowest BCUT2D eigenvalue weighted by Crippen LogP contribution is -2.35. The van der Waals surface area contributed by atoms with Crippen molar-refractivity contribution in [3.05, 3.63) is 42.0 Å². The van der Waals surface area contributed by atoms with Crippen LogP contribution >= 0.6 is 0 Å². The van der Waals surface area contributed by atoms with Gasteiger partial charge in [0, 0.05) is 25.1 Å². The summed E-state index contributed by atoms with van der Waals surface area (Å²) in [4.78, 5) is 12.8. The number of rotatable bonds is 7. The number of nitrogens with one attached hydrogen (secondary N) is 1. The van der Waals surface area contributed by atoms with E-state index in [0.29, 0.717) is 30.3 Å². The predicted molar refractivity (Wildman–Crippen MR) is 125 cm³/mol. The number of methoxy groups -OCH3 is 1. The van der Waals surface area contributed by atoms with Crippen LogP contribution in [0.15, 0.2) is 41.3 Å². The second kappa shape index (κ2) is 9.23. The molecule has 4 rings (SSSR count). The van der Waals surface area contributed by atoms with E-state index in [4.69, 9.17) is 14.2 Å². The normalized spacial score (nSPS) is 17.7. The van der Waals surface area contributed by atoms with Crippen LogP contribution in [0.25, 0.3) is 0 Å². The Morgan fingerprint density at radius 3 is 2.61 bits per heavy atom. The van der Waals surface area contributed by atoms with Crippen LogP contribution in [0.1, 0.15) is 38.7 Å². The first kappa shape index (κ1) is 23.4. The number of fused-ring (bicyclic) bond motifs is 1. The number of piperidine rings is 1. The van der Waals surface area contributed by atoms with Gasteiger partial charge in [-0.1, -0.05) is 18.6 Å². The average molecular weight is 475 g/mol. The van der Waals surface area contributed by atoms with Gasteiger partial charge in [0.15, 0.2) is 18.1 Å². The Hall–Kier alpha value is -2.78. The molecule has 0 saturated carbocycles. The summed E-state index contributed by atoms with van der Waals surface area (Å²) >= 11 is 0. The molecular weight excluding hydrogens is 444 g/mol. The van der Waals surface area contributed by atoms with E-state index in [1.54, 1.807) is 12.1 Å². The minimum atomic E-state index is -3.64.